The maximum Gasteiger partial charge on any atom is 0.184 e. The van der Waals surface area contributed by atoms with Gasteiger partial charge in [0.25, 0.3) is 0 Å². The molecule has 0 fully saturated rings. The van der Waals surface area contributed by atoms with Gasteiger partial charge in [-0.2, -0.15) is 0 Å². The molecule has 2 aromatic rings. The van der Waals surface area contributed by atoms with Gasteiger partial charge < -0.3 is 18.3 Å². The largest absolute Gasteiger partial charge is 0.412 e. The molecular weight excluding hydrogens is 480 g/mol. The molecule has 2 aromatic carbocycles. The molecule has 0 aliphatic heterocycles. The summed E-state index contributed by atoms with van der Waals surface area (Å²) < 4.78 is 24.9. The smallest absolute Gasteiger partial charge is 0.184 e. The summed E-state index contributed by atoms with van der Waals surface area (Å²) in [7, 11) is -3.51. The van der Waals surface area contributed by atoms with Crippen molar-refractivity contribution in [3.63, 3.8) is 0 Å². The lowest BCUT2D eigenvalue weighted by molar-refractivity contribution is 0.0472. The van der Waals surface area contributed by atoms with Gasteiger partial charge in [0.1, 0.15) is 0 Å². The molecular formula is C30H46O4Si2. The van der Waals surface area contributed by atoms with Crippen LogP contribution in [0.4, 0.5) is 0 Å². The van der Waals surface area contributed by atoms with Crippen LogP contribution >= 0.6 is 0 Å². The van der Waals surface area contributed by atoms with Crippen molar-refractivity contribution in [1.82, 2.24) is 0 Å². The fourth-order valence-corrected chi connectivity index (χ4v) is 6.01. The predicted molar refractivity (Wildman–Crippen MR) is 156 cm³/mol. The summed E-state index contributed by atoms with van der Waals surface area (Å²) in [5.41, 5.74) is 2.38. The van der Waals surface area contributed by atoms with Crippen LogP contribution in [-0.4, -0.2) is 42.1 Å². The minimum absolute atomic E-state index is 0.0173. The molecule has 2 atom stereocenters. The van der Waals surface area contributed by atoms with Gasteiger partial charge in [0.05, 0.1) is 38.6 Å². The molecule has 0 unspecified atom stereocenters. The Morgan fingerprint density at radius 1 is 0.556 bits per heavy atom. The van der Waals surface area contributed by atoms with Crippen molar-refractivity contribution >= 4 is 16.6 Å². The first-order valence-corrected chi connectivity index (χ1v) is 19.8. The van der Waals surface area contributed by atoms with Crippen molar-refractivity contribution in [3.05, 3.63) is 96.1 Å². The van der Waals surface area contributed by atoms with Gasteiger partial charge in [0.2, 0.25) is 0 Å². The third kappa shape index (κ3) is 14.7. The zero-order valence-electron chi connectivity index (χ0n) is 23.1. The highest BCUT2D eigenvalue weighted by Gasteiger charge is 2.30. The molecule has 0 N–H and O–H groups in total. The van der Waals surface area contributed by atoms with Crippen LogP contribution in [0.3, 0.4) is 0 Å². The number of ether oxygens (including phenoxy) is 2. The topological polar surface area (TPSA) is 36.9 Å². The van der Waals surface area contributed by atoms with Crippen LogP contribution in [0.2, 0.25) is 39.3 Å². The average molecular weight is 527 g/mol. The van der Waals surface area contributed by atoms with Crippen molar-refractivity contribution < 1.29 is 18.3 Å². The Balaban J connectivity index is 1.90. The molecule has 0 bridgehead atoms. The van der Waals surface area contributed by atoms with Crippen LogP contribution in [0.5, 0.6) is 0 Å². The molecule has 4 nitrogen and oxygen atoms in total. The lowest BCUT2D eigenvalue weighted by atomic mass is 10.1. The monoisotopic (exact) mass is 526 g/mol. The number of hydrogen-bond acceptors (Lipinski definition) is 4. The minimum atomic E-state index is -1.75. The Hall–Kier alpha value is -1.81. The van der Waals surface area contributed by atoms with Gasteiger partial charge in [0.15, 0.2) is 16.6 Å². The van der Waals surface area contributed by atoms with E-state index in [1.165, 1.54) is 11.1 Å². The summed E-state index contributed by atoms with van der Waals surface area (Å²) >= 11 is 0. The molecule has 0 saturated heterocycles. The van der Waals surface area contributed by atoms with Crippen LogP contribution in [0.25, 0.3) is 0 Å². The van der Waals surface area contributed by atoms with Crippen molar-refractivity contribution in [2.45, 2.75) is 77.5 Å². The van der Waals surface area contributed by atoms with Gasteiger partial charge in [-0.3, -0.25) is 0 Å². The molecule has 0 aliphatic rings. The van der Waals surface area contributed by atoms with Crippen molar-refractivity contribution in [1.29, 1.82) is 0 Å². The molecule has 0 saturated carbocycles. The molecule has 0 radical (unpaired) electrons. The van der Waals surface area contributed by atoms with Gasteiger partial charge in [-0.15, -0.1) is 0 Å². The molecule has 2 rings (SSSR count). The lowest BCUT2D eigenvalue weighted by Crippen LogP contribution is -2.44. The first kappa shape index (κ1) is 30.4. The Morgan fingerprint density at radius 2 is 0.917 bits per heavy atom. The summed E-state index contributed by atoms with van der Waals surface area (Å²) in [6, 6.07) is 20.5. The lowest BCUT2D eigenvalue weighted by Gasteiger charge is -2.35. The molecule has 36 heavy (non-hydrogen) atoms. The average Bonchev–Trinajstić information content (AvgIpc) is 2.82. The zero-order chi connectivity index (χ0) is 26.3. The summed E-state index contributed by atoms with van der Waals surface area (Å²) in [5.74, 6) is 0. The number of benzene rings is 2. The molecule has 0 spiro atoms. The summed E-state index contributed by atoms with van der Waals surface area (Å²) in [4.78, 5) is 0. The third-order valence-corrected chi connectivity index (χ3v) is 7.17. The summed E-state index contributed by atoms with van der Waals surface area (Å²) in [5, 5.41) is 0. The quantitative estimate of drug-likeness (QED) is 0.120. The first-order chi connectivity index (χ1) is 17.1. The number of rotatable bonds is 17. The van der Waals surface area contributed by atoms with Gasteiger partial charge in [-0.1, -0.05) is 85.0 Å². The molecule has 0 heterocycles. The molecule has 0 amide bonds. The maximum atomic E-state index is 6.64. The van der Waals surface area contributed by atoms with E-state index in [1.807, 2.05) is 36.4 Å². The van der Waals surface area contributed by atoms with E-state index in [0.29, 0.717) is 26.4 Å². The van der Waals surface area contributed by atoms with Crippen LogP contribution in [0.1, 0.15) is 24.0 Å². The van der Waals surface area contributed by atoms with Crippen LogP contribution < -0.4 is 0 Å². The molecule has 6 heteroatoms. The van der Waals surface area contributed by atoms with E-state index in [4.69, 9.17) is 18.3 Å². The van der Waals surface area contributed by atoms with Gasteiger partial charge >= 0.3 is 0 Å². The fraction of sp³-hybridized carbons (Fsp3) is 0.467. The van der Waals surface area contributed by atoms with E-state index >= 15 is 0 Å². The highest BCUT2D eigenvalue weighted by Crippen LogP contribution is 2.22. The molecule has 198 valence electrons. The van der Waals surface area contributed by atoms with E-state index in [0.717, 1.165) is 12.8 Å². The van der Waals surface area contributed by atoms with Gasteiger partial charge in [-0.25, -0.2) is 0 Å². The van der Waals surface area contributed by atoms with Crippen LogP contribution in [-0.2, 0) is 31.5 Å². The Labute approximate surface area is 221 Å². The summed E-state index contributed by atoms with van der Waals surface area (Å²) in [6.07, 6.45) is 10.2. The SMILES string of the molecule is C[Si](C)(C)O[C@@H](C/C=C/COCc1ccccc1)[C@H](C/C=C/COCc1ccccc1)O[Si](C)(C)C. The van der Waals surface area contributed by atoms with Crippen molar-refractivity contribution in [2.24, 2.45) is 0 Å². The second-order valence-electron chi connectivity index (χ2n) is 11.0. The third-order valence-electron chi connectivity index (χ3n) is 5.15. The molecule has 0 aromatic heterocycles. The second kappa shape index (κ2) is 16.1. The van der Waals surface area contributed by atoms with Gasteiger partial charge in [-0.05, 0) is 63.3 Å². The Morgan fingerprint density at radius 3 is 1.25 bits per heavy atom. The minimum Gasteiger partial charge on any atom is -0.412 e. The fourth-order valence-electron chi connectivity index (χ4n) is 3.69. The van der Waals surface area contributed by atoms with E-state index < -0.39 is 16.6 Å². The number of hydrogen-bond donors (Lipinski definition) is 0. The highest BCUT2D eigenvalue weighted by atomic mass is 28.4. The Bertz CT molecular complexity index is 811. The normalized spacial score (nSPS) is 14.5. The van der Waals surface area contributed by atoms with E-state index in [2.05, 4.69) is 87.9 Å². The predicted octanol–water partition coefficient (Wildman–Crippen LogP) is 7.75. The Kier molecular flexibility index (Phi) is 13.6. The van der Waals surface area contributed by atoms with Crippen molar-refractivity contribution in [2.75, 3.05) is 13.2 Å². The van der Waals surface area contributed by atoms with E-state index in [9.17, 15) is 0 Å². The summed E-state index contributed by atoms with van der Waals surface area (Å²) in [6.45, 7) is 15.9. The van der Waals surface area contributed by atoms with Crippen molar-refractivity contribution in [3.8, 4) is 0 Å². The zero-order valence-corrected chi connectivity index (χ0v) is 25.1. The highest BCUT2D eigenvalue weighted by molar-refractivity contribution is 6.70. The maximum absolute atomic E-state index is 6.64. The van der Waals surface area contributed by atoms with Gasteiger partial charge in [0, 0.05) is 0 Å². The second-order valence-corrected chi connectivity index (χ2v) is 19.9. The standard InChI is InChI=1S/C30H46O4Si2/c1-35(2,3)33-29(21-13-15-23-31-25-27-17-9-7-10-18-27)30(34-36(4,5)6)22-14-16-24-32-26-28-19-11-8-12-20-28/h7-20,29-30H,21-26H2,1-6H3/b15-13+,16-14+/t29-,30-/m0/s1. The molecule has 0 aliphatic carbocycles. The van der Waals surface area contributed by atoms with Crippen LogP contribution in [0, 0.1) is 0 Å². The van der Waals surface area contributed by atoms with E-state index in [1.54, 1.807) is 0 Å². The van der Waals surface area contributed by atoms with Crippen LogP contribution in [0.15, 0.2) is 85.0 Å². The van der Waals surface area contributed by atoms with E-state index in [-0.39, 0.29) is 12.2 Å². The first-order valence-electron chi connectivity index (χ1n) is 13.0.